The predicted molar refractivity (Wildman–Crippen MR) is 243 cm³/mol. The van der Waals surface area contributed by atoms with Crippen LogP contribution in [0.3, 0.4) is 0 Å². The van der Waals surface area contributed by atoms with E-state index in [9.17, 15) is 0 Å². The van der Waals surface area contributed by atoms with E-state index in [-0.39, 0.29) is 33.9 Å². The molecule has 2 atom stereocenters. The summed E-state index contributed by atoms with van der Waals surface area (Å²) in [7, 11) is 0. The van der Waals surface area contributed by atoms with Crippen molar-refractivity contribution < 1.29 is 4.42 Å². The van der Waals surface area contributed by atoms with E-state index in [4.69, 9.17) is 4.42 Å². The van der Waals surface area contributed by atoms with Gasteiger partial charge in [-0.3, -0.25) is 0 Å². The highest BCUT2D eigenvalue weighted by Gasteiger charge is 2.62. The number of furan rings is 1. The van der Waals surface area contributed by atoms with E-state index in [1.807, 2.05) is 0 Å². The molecule has 0 radical (unpaired) electrons. The minimum absolute atomic E-state index is 0.0135. The van der Waals surface area contributed by atoms with E-state index in [0.29, 0.717) is 0 Å². The lowest BCUT2D eigenvalue weighted by molar-refractivity contribution is 0.195. The number of hydrogen-bond donors (Lipinski definition) is 0. The summed E-state index contributed by atoms with van der Waals surface area (Å²) >= 11 is 0. The van der Waals surface area contributed by atoms with Gasteiger partial charge in [-0.2, -0.15) is 0 Å². The zero-order chi connectivity index (χ0) is 39.6. The van der Waals surface area contributed by atoms with Crippen molar-refractivity contribution in [3.05, 3.63) is 119 Å². The number of nitrogens with zero attached hydrogens (tertiary/aromatic N) is 2. The molecule has 11 rings (SSSR count). The third kappa shape index (κ3) is 4.62. The lowest BCUT2D eigenvalue weighted by Crippen LogP contribution is -2.64. The van der Waals surface area contributed by atoms with E-state index >= 15 is 0 Å². The van der Waals surface area contributed by atoms with Gasteiger partial charge in [0.15, 0.2) is 0 Å². The molecule has 3 aliphatic heterocycles. The van der Waals surface area contributed by atoms with Crippen LogP contribution < -0.4 is 26.4 Å². The molecule has 0 spiro atoms. The molecule has 1 fully saturated rings. The Morgan fingerprint density at radius 1 is 0.649 bits per heavy atom. The second-order valence-corrected chi connectivity index (χ2v) is 21.2. The standard InChI is InChI=1S/C53H57BN2O/c1-32-26-42-45-43(27-32)56-47-40(52(9)22-14-15-23-53(52,56)10)28-34(33-16-12-11-13-17-33)29-41(47)54(45)48-46(55(42)36-20-18-35(19-21-36)49(2,3)4)37-30-38-39(31-44(37)57-48)51(7,8)25-24-50(38,5)6/h11-13,16-21,26-31H,14-15,22-25H2,1-10H3. The second kappa shape index (κ2) is 11.3. The third-order valence-corrected chi connectivity index (χ3v) is 15.8. The predicted octanol–water partition coefficient (Wildman–Crippen LogP) is 12.4. The quantitative estimate of drug-likeness (QED) is 0.164. The van der Waals surface area contributed by atoms with Crippen molar-refractivity contribution in [2.45, 2.75) is 135 Å². The van der Waals surface area contributed by atoms with E-state index in [1.165, 1.54) is 122 Å². The largest absolute Gasteiger partial charge is 0.468 e. The summed E-state index contributed by atoms with van der Waals surface area (Å²) in [5.74, 6) is 0. The fourth-order valence-corrected chi connectivity index (χ4v) is 12.2. The van der Waals surface area contributed by atoms with Crippen LogP contribution in [-0.4, -0.2) is 12.3 Å². The van der Waals surface area contributed by atoms with Gasteiger partial charge in [-0.1, -0.05) is 117 Å². The smallest absolute Gasteiger partial charge is 0.297 e. The number of fused-ring (bicyclic) bond motifs is 10. The average molecular weight is 749 g/mol. The molecule has 4 heterocycles. The maximum atomic E-state index is 7.53. The van der Waals surface area contributed by atoms with Gasteiger partial charge < -0.3 is 14.2 Å². The monoisotopic (exact) mass is 748 g/mol. The van der Waals surface area contributed by atoms with Crippen LogP contribution in [-0.2, 0) is 21.7 Å². The molecule has 0 amide bonds. The fraction of sp³-hybridized carbons (Fsp3) is 0.396. The van der Waals surface area contributed by atoms with Crippen LogP contribution in [0.25, 0.3) is 22.1 Å². The Hall–Kier alpha value is -4.70. The molecule has 5 aromatic carbocycles. The molecule has 1 saturated carbocycles. The van der Waals surface area contributed by atoms with Crippen molar-refractivity contribution in [1.29, 1.82) is 0 Å². The van der Waals surface area contributed by atoms with Gasteiger partial charge in [0.1, 0.15) is 5.58 Å². The maximum Gasteiger partial charge on any atom is 0.297 e. The first-order valence-electron chi connectivity index (χ1n) is 21.7. The van der Waals surface area contributed by atoms with Crippen molar-refractivity contribution >= 4 is 62.7 Å². The summed E-state index contributed by atoms with van der Waals surface area (Å²) < 4.78 is 7.53. The Kier molecular flexibility index (Phi) is 7.02. The van der Waals surface area contributed by atoms with Crippen LogP contribution in [0.1, 0.15) is 129 Å². The Morgan fingerprint density at radius 2 is 1.32 bits per heavy atom. The summed E-state index contributed by atoms with van der Waals surface area (Å²) in [5, 5.41) is 1.23. The van der Waals surface area contributed by atoms with Crippen molar-refractivity contribution in [1.82, 2.24) is 0 Å². The molecule has 6 aromatic rings. The highest BCUT2D eigenvalue weighted by atomic mass is 16.3. The molecular formula is C53H57BN2O. The average Bonchev–Trinajstić information content (AvgIpc) is 3.64. The molecule has 3 nitrogen and oxygen atoms in total. The van der Waals surface area contributed by atoms with Crippen molar-refractivity contribution in [2.75, 3.05) is 9.80 Å². The lowest BCUT2D eigenvalue weighted by atomic mass is 9.35. The molecule has 0 bridgehead atoms. The summed E-state index contributed by atoms with van der Waals surface area (Å²) in [6.07, 6.45) is 7.25. The van der Waals surface area contributed by atoms with E-state index in [0.717, 1.165) is 11.2 Å². The van der Waals surface area contributed by atoms with Crippen LogP contribution >= 0.6 is 0 Å². The zero-order valence-electron chi connectivity index (χ0n) is 35.8. The van der Waals surface area contributed by atoms with Crippen LogP contribution in [0.4, 0.5) is 28.4 Å². The first-order valence-corrected chi connectivity index (χ1v) is 21.7. The molecule has 57 heavy (non-hydrogen) atoms. The molecular weight excluding hydrogens is 691 g/mol. The normalized spacial score (nSPS) is 23.5. The highest BCUT2D eigenvalue weighted by molar-refractivity contribution is 7.00. The van der Waals surface area contributed by atoms with Gasteiger partial charge in [0.05, 0.1) is 16.9 Å². The van der Waals surface area contributed by atoms with Gasteiger partial charge in [0, 0.05) is 33.6 Å². The first-order chi connectivity index (χ1) is 27.0. The Balaban J connectivity index is 1.28. The van der Waals surface area contributed by atoms with Crippen molar-refractivity contribution in [2.24, 2.45) is 0 Å². The molecule has 0 saturated heterocycles. The van der Waals surface area contributed by atoms with Crippen LogP contribution in [0.15, 0.2) is 95.4 Å². The van der Waals surface area contributed by atoms with E-state index in [2.05, 4.69) is 170 Å². The van der Waals surface area contributed by atoms with Crippen LogP contribution in [0, 0.1) is 6.92 Å². The lowest BCUT2D eigenvalue weighted by Gasteiger charge is -2.52. The zero-order valence-corrected chi connectivity index (χ0v) is 35.8. The van der Waals surface area contributed by atoms with Gasteiger partial charge in [0.25, 0.3) is 6.71 Å². The van der Waals surface area contributed by atoms with Crippen LogP contribution in [0.5, 0.6) is 0 Å². The molecule has 2 unspecified atom stereocenters. The summed E-state index contributed by atoms with van der Waals surface area (Å²) in [4.78, 5) is 5.43. The Morgan fingerprint density at radius 3 is 2.02 bits per heavy atom. The van der Waals surface area contributed by atoms with Gasteiger partial charge in [-0.25, -0.2) is 0 Å². The molecule has 0 N–H and O–H groups in total. The number of anilines is 5. The minimum atomic E-state index is -0.0479. The molecule has 288 valence electrons. The summed E-state index contributed by atoms with van der Waals surface area (Å²) in [5.41, 5.74) is 21.2. The molecule has 5 aliphatic rings. The third-order valence-electron chi connectivity index (χ3n) is 15.8. The van der Waals surface area contributed by atoms with Gasteiger partial charge >= 0.3 is 0 Å². The number of hydrogen-bond acceptors (Lipinski definition) is 3. The molecule has 2 aliphatic carbocycles. The van der Waals surface area contributed by atoms with Crippen molar-refractivity contribution in [3.8, 4) is 11.1 Å². The van der Waals surface area contributed by atoms with Gasteiger partial charge in [-0.05, 0) is 148 Å². The van der Waals surface area contributed by atoms with E-state index in [1.54, 1.807) is 0 Å². The Bertz CT molecular complexity index is 2680. The summed E-state index contributed by atoms with van der Waals surface area (Å²) in [6, 6.07) is 35.6. The molecule has 1 aromatic heterocycles. The van der Waals surface area contributed by atoms with Gasteiger partial charge in [0.2, 0.25) is 0 Å². The number of aryl methyl sites for hydroxylation is 1. The molecule has 4 heteroatoms. The first kappa shape index (κ1) is 35.5. The maximum absolute atomic E-state index is 7.53. The fourth-order valence-electron chi connectivity index (χ4n) is 12.2. The van der Waals surface area contributed by atoms with Gasteiger partial charge in [-0.15, -0.1) is 0 Å². The topological polar surface area (TPSA) is 19.6 Å². The van der Waals surface area contributed by atoms with E-state index < -0.39 is 0 Å². The Labute approximate surface area is 340 Å². The van der Waals surface area contributed by atoms with Crippen molar-refractivity contribution in [3.63, 3.8) is 0 Å². The van der Waals surface area contributed by atoms with Crippen LogP contribution in [0.2, 0.25) is 0 Å². The minimum Gasteiger partial charge on any atom is -0.468 e. The number of rotatable bonds is 2. The second-order valence-electron chi connectivity index (χ2n) is 21.2. The SMILES string of the molecule is Cc1cc2c3c(c1)N1c4c(cc(-c5ccccc5)cc4C4(C)CCCCC14C)B3c1oc3cc4c(cc3c1N2c1ccc(C(C)(C)C)cc1)C(C)(C)CCC4(C)C. The number of benzene rings is 5. The summed E-state index contributed by atoms with van der Waals surface area (Å²) in [6.45, 7) is 24.1. The highest BCUT2D eigenvalue weighted by Crippen LogP contribution is 2.62.